The molecule has 2 aliphatic rings. The number of hydrogen-bond acceptors (Lipinski definition) is 3. The third-order valence-electron chi connectivity index (χ3n) is 6.42. The lowest BCUT2D eigenvalue weighted by molar-refractivity contribution is -0.139. The summed E-state index contributed by atoms with van der Waals surface area (Å²) in [6, 6.07) is 3.86. The van der Waals surface area contributed by atoms with Crippen LogP contribution in [0.15, 0.2) is 12.1 Å². The average molecular weight is 387 g/mol. The lowest BCUT2D eigenvalue weighted by atomic mass is 9.60. The highest BCUT2D eigenvalue weighted by molar-refractivity contribution is 6.02. The normalized spacial score (nSPS) is 24.7. The minimum Gasteiger partial charge on any atom is -0.481 e. The maximum Gasteiger partial charge on any atom is 0.323 e. The number of amides is 1. The molecule has 6 heteroatoms. The maximum absolute atomic E-state index is 13.0. The van der Waals surface area contributed by atoms with Crippen molar-refractivity contribution in [1.82, 2.24) is 4.90 Å². The largest absolute Gasteiger partial charge is 0.481 e. The Hall–Kier alpha value is -2.37. The van der Waals surface area contributed by atoms with E-state index in [4.69, 9.17) is 5.11 Å². The first-order valence-corrected chi connectivity index (χ1v) is 9.85. The lowest BCUT2D eigenvalue weighted by Gasteiger charge is -2.44. The minimum absolute atomic E-state index is 0.148. The van der Waals surface area contributed by atoms with Crippen molar-refractivity contribution in [3.05, 3.63) is 34.4 Å². The summed E-state index contributed by atoms with van der Waals surface area (Å²) in [5.74, 6) is -3.26. The molecule has 1 aliphatic carbocycles. The molecule has 152 valence electrons. The highest BCUT2D eigenvalue weighted by Gasteiger charge is 2.43. The summed E-state index contributed by atoms with van der Waals surface area (Å²) < 4.78 is 0. The van der Waals surface area contributed by atoms with Gasteiger partial charge in [-0.05, 0) is 53.7 Å². The van der Waals surface area contributed by atoms with Gasteiger partial charge in [0, 0.05) is 12.1 Å². The fourth-order valence-corrected chi connectivity index (χ4v) is 5.30. The topological polar surface area (TPSA) is 94.9 Å². The van der Waals surface area contributed by atoms with Crippen LogP contribution in [0.3, 0.4) is 0 Å². The van der Waals surface area contributed by atoms with E-state index in [2.05, 4.69) is 20.8 Å². The SMILES string of the molecule is CC(C(=O)O)c1c(C2(C)CCCC(C)(C)C2)ccc2c1C(=O)N(CC(=O)O)C2. The fourth-order valence-electron chi connectivity index (χ4n) is 5.30. The van der Waals surface area contributed by atoms with Gasteiger partial charge in [0.05, 0.1) is 5.92 Å². The van der Waals surface area contributed by atoms with E-state index < -0.39 is 17.9 Å². The second-order valence-corrected chi connectivity index (χ2v) is 9.43. The molecule has 28 heavy (non-hydrogen) atoms. The van der Waals surface area contributed by atoms with Crippen molar-refractivity contribution < 1.29 is 24.6 Å². The van der Waals surface area contributed by atoms with E-state index >= 15 is 0 Å². The monoisotopic (exact) mass is 387 g/mol. The molecule has 6 nitrogen and oxygen atoms in total. The van der Waals surface area contributed by atoms with Crippen LogP contribution in [-0.4, -0.2) is 39.5 Å². The Balaban J connectivity index is 2.16. The van der Waals surface area contributed by atoms with Crippen LogP contribution in [0.2, 0.25) is 0 Å². The van der Waals surface area contributed by atoms with E-state index in [1.807, 2.05) is 12.1 Å². The van der Waals surface area contributed by atoms with Gasteiger partial charge in [0.25, 0.3) is 5.91 Å². The summed E-state index contributed by atoms with van der Waals surface area (Å²) >= 11 is 0. The Kier molecular flexibility index (Phi) is 5.02. The molecule has 1 saturated carbocycles. The standard InChI is InChI=1S/C22H29NO5/c1-13(20(27)28)17-15(22(4)9-5-8-21(2,3)12-22)7-6-14-10-23(11-16(24)25)19(26)18(14)17/h6-7,13H,5,8-12H2,1-4H3,(H,24,25)(H,27,28). The highest BCUT2D eigenvalue weighted by atomic mass is 16.4. The molecule has 1 amide bonds. The summed E-state index contributed by atoms with van der Waals surface area (Å²) in [6.07, 6.45) is 4.05. The molecule has 0 saturated heterocycles. The molecule has 1 aromatic rings. The number of carbonyl (C=O) groups excluding carboxylic acids is 1. The van der Waals surface area contributed by atoms with Crippen molar-refractivity contribution in [3.63, 3.8) is 0 Å². The Labute approximate surface area is 165 Å². The van der Waals surface area contributed by atoms with Crippen molar-refractivity contribution in [2.75, 3.05) is 6.54 Å². The van der Waals surface area contributed by atoms with Crippen LogP contribution in [-0.2, 0) is 21.5 Å². The van der Waals surface area contributed by atoms with Crippen molar-refractivity contribution in [1.29, 1.82) is 0 Å². The molecule has 2 atom stereocenters. The zero-order valence-electron chi connectivity index (χ0n) is 17.0. The third kappa shape index (κ3) is 3.52. The van der Waals surface area contributed by atoms with Crippen molar-refractivity contribution in [2.24, 2.45) is 5.41 Å². The number of rotatable bonds is 5. The van der Waals surface area contributed by atoms with Gasteiger partial charge in [-0.25, -0.2) is 0 Å². The minimum atomic E-state index is -1.07. The van der Waals surface area contributed by atoms with E-state index in [1.54, 1.807) is 6.92 Å². The number of fused-ring (bicyclic) bond motifs is 1. The lowest BCUT2D eigenvalue weighted by Crippen LogP contribution is -2.36. The van der Waals surface area contributed by atoms with Gasteiger partial charge in [0.2, 0.25) is 0 Å². The first-order valence-electron chi connectivity index (χ1n) is 9.85. The summed E-state index contributed by atoms with van der Waals surface area (Å²) in [4.78, 5) is 37.3. The van der Waals surface area contributed by atoms with Gasteiger partial charge < -0.3 is 15.1 Å². The van der Waals surface area contributed by atoms with Crippen LogP contribution < -0.4 is 0 Å². The van der Waals surface area contributed by atoms with Crippen LogP contribution in [0.4, 0.5) is 0 Å². The van der Waals surface area contributed by atoms with E-state index in [0.717, 1.165) is 36.8 Å². The van der Waals surface area contributed by atoms with Crippen LogP contribution in [0.25, 0.3) is 0 Å². The average Bonchev–Trinajstić information content (AvgIpc) is 2.87. The number of carboxylic acid groups (broad SMARTS) is 2. The van der Waals surface area contributed by atoms with Gasteiger partial charge in [-0.2, -0.15) is 0 Å². The summed E-state index contributed by atoms with van der Waals surface area (Å²) in [7, 11) is 0. The van der Waals surface area contributed by atoms with Crippen molar-refractivity contribution in [3.8, 4) is 0 Å². The molecular weight excluding hydrogens is 358 g/mol. The van der Waals surface area contributed by atoms with Crippen LogP contribution in [0.1, 0.15) is 86.3 Å². The van der Waals surface area contributed by atoms with Gasteiger partial charge in [-0.1, -0.05) is 39.3 Å². The summed E-state index contributed by atoms with van der Waals surface area (Å²) in [6.45, 7) is 8.08. The molecule has 1 heterocycles. The van der Waals surface area contributed by atoms with Crippen LogP contribution >= 0.6 is 0 Å². The van der Waals surface area contributed by atoms with E-state index in [1.165, 1.54) is 4.90 Å². The number of carboxylic acids is 2. The van der Waals surface area contributed by atoms with Crippen molar-refractivity contribution >= 4 is 17.8 Å². The van der Waals surface area contributed by atoms with Gasteiger partial charge in [0.15, 0.2) is 0 Å². The molecule has 0 spiro atoms. The van der Waals surface area contributed by atoms with E-state index in [0.29, 0.717) is 11.1 Å². The molecular formula is C22H29NO5. The van der Waals surface area contributed by atoms with Crippen LogP contribution in [0.5, 0.6) is 0 Å². The Morgan fingerprint density at radius 2 is 1.86 bits per heavy atom. The highest BCUT2D eigenvalue weighted by Crippen LogP contribution is 2.50. The Morgan fingerprint density at radius 1 is 1.18 bits per heavy atom. The maximum atomic E-state index is 13.0. The molecule has 2 unspecified atom stereocenters. The predicted octanol–water partition coefficient (Wildman–Crippen LogP) is 3.77. The molecule has 3 rings (SSSR count). The fraction of sp³-hybridized carbons (Fsp3) is 0.591. The van der Waals surface area contributed by atoms with Crippen molar-refractivity contribution in [2.45, 2.75) is 71.3 Å². The third-order valence-corrected chi connectivity index (χ3v) is 6.42. The second-order valence-electron chi connectivity index (χ2n) is 9.43. The zero-order valence-corrected chi connectivity index (χ0v) is 17.0. The van der Waals surface area contributed by atoms with Crippen LogP contribution in [0, 0.1) is 5.41 Å². The number of carbonyl (C=O) groups is 3. The molecule has 0 aromatic heterocycles. The van der Waals surface area contributed by atoms with Gasteiger partial charge >= 0.3 is 11.9 Å². The number of nitrogens with zero attached hydrogens (tertiary/aromatic N) is 1. The molecule has 2 N–H and O–H groups in total. The quantitative estimate of drug-likeness (QED) is 0.802. The molecule has 1 aromatic carbocycles. The van der Waals surface area contributed by atoms with E-state index in [9.17, 15) is 19.5 Å². The van der Waals surface area contributed by atoms with Gasteiger partial charge in [0.1, 0.15) is 6.54 Å². The predicted molar refractivity (Wildman–Crippen MR) is 104 cm³/mol. The molecule has 0 bridgehead atoms. The second kappa shape index (κ2) is 6.90. The van der Waals surface area contributed by atoms with Gasteiger partial charge in [-0.15, -0.1) is 0 Å². The summed E-state index contributed by atoms with van der Waals surface area (Å²) in [5, 5.41) is 18.9. The molecule has 1 fully saturated rings. The smallest absolute Gasteiger partial charge is 0.323 e. The zero-order chi connectivity index (χ0) is 20.9. The molecule has 0 radical (unpaired) electrons. The number of benzene rings is 1. The Bertz CT molecular complexity index is 844. The number of aliphatic carboxylic acids is 2. The number of hydrogen-bond donors (Lipinski definition) is 2. The van der Waals surface area contributed by atoms with E-state index in [-0.39, 0.29) is 29.8 Å². The summed E-state index contributed by atoms with van der Waals surface area (Å²) in [5.41, 5.74) is 2.56. The molecule has 1 aliphatic heterocycles. The first-order chi connectivity index (χ1) is 12.9. The van der Waals surface area contributed by atoms with Gasteiger partial charge in [-0.3, -0.25) is 14.4 Å². The Morgan fingerprint density at radius 3 is 2.43 bits per heavy atom. The first kappa shape index (κ1) is 20.4.